The minimum atomic E-state index is -4.01. The van der Waals surface area contributed by atoms with Gasteiger partial charge < -0.3 is 4.74 Å². The number of nitrogens with one attached hydrogen (secondary N) is 1. The summed E-state index contributed by atoms with van der Waals surface area (Å²) >= 11 is 0. The number of Topliss-reactive ketones (excluding diaryl/α,β-unsaturated/α-hetero) is 1. The van der Waals surface area contributed by atoms with Gasteiger partial charge in [0.15, 0.2) is 5.78 Å². The lowest BCUT2D eigenvalue weighted by Gasteiger charge is -2.26. The monoisotopic (exact) mass is 435 g/mol. The largest absolute Gasteiger partial charge is 0.466 e. The zero-order valence-electron chi connectivity index (χ0n) is 17.3. The van der Waals surface area contributed by atoms with Crippen LogP contribution in [0, 0.1) is 23.6 Å². The number of halogens is 1. The molecule has 3 rings (SSSR count). The maximum Gasteiger partial charge on any atom is 0.333 e. The molecule has 0 radical (unpaired) electrons. The van der Waals surface area contributed by atoms with E-state index in [-0.39, 0.29) is 28.4 Å². The highest BCUT2D eigenvalue weighted by Crippen LogP contribution is 2.45. The molecule has 1 fully saturated rings. The van der Waals surface area contributed by atoms with Crippen LogP contribution in [-0.4, -0.2) is 33.3 Å². The Morgan fingerprint density at radius 3 is 2.47 bits per heavy atom. The van der Waals surface area contributed by atoms with Crippen LogP contribution < -0.4 is 4.72 Å². The Kier molecular flexibility index (Phi) is 6.29. The van der Waals surface area contributed by atoms with Crippen LogP contribution in [0.5, 0.6) is 0 Å². The summed E-state index contributed by atoms with van der Waals surface area (Å²) < 4.78 is 46.2. The Hall–Kier alpha value is -2.32. The van der Waals surface area contributed by atoms with Gasteiger partial charge in [-0.2, -0.15) is 4.72 Å². The van der Waals surface area contributed by atoms with Crippen molar-refractivity contribution in [3.63, 3.8) is 0 Å². The maximum absolute atomic E-state index is 13.2. The summed E-state index contributed by atoms with van der Waals surface area (Å²) in [5.41, 5.74) is 1.77. The van der Waals surface area contributed by atoms with E-state index in [0.29, 0.717) is 30.4 Å². The molecule has 0 bridgehead atoms. The molecule has 0 aromatic heterocycles. The lowest BCUT2D eigenvalue weighted by atomic mass is 9.84. The first kappa shape index (κ1) is 22.4. The summed E-state index contributed by atoms with van der Waals surface area (Å²) in [5, 5.41) is 0. The van der Waals surface area contributed by atoms with E-state index in [4.69, 9.17) is 4.74 Å². The number of carbonyl (C=O) groups excluding carboxylic acids is 2. The van der Waals surface area contributed by atoms with E-state index in [1.165, 1.54) is 19.2 Å². The maximum atomic E-state index is 13.2. The van der Waals surface area contributed by atoms with Crippen molar-refractivity contribution in [1.29, 1.82) is 0 Å². The van der Waals surface area contributed by atoms with Crippen molar-refractivity contribution in [3.8, 4) is 0 Å². The molecule has 4 atom stereocenters. The molecule has 6 nitrogen and oxygen atoms in total. The van der Waals surface area contributed by atoms with Gasteiger partial charge in [-0.25, -0.2) is 17.6 Å². The van der Waals surface area contributed by atoms with E-state index in [2.05, 4.69) is 11.3 Å². The van der Waals surface area contributed by atoms with E-state index in [0.717, 1.165) is 17.7 Å². The van der Waals surface area contributed by atoms with Gasteiger partial charge in [-0.05, 0) is 67.9 Å². The third-order valence-electron chi connectivity index (χ3n) is 6.29. The smallest absolute Gasteiger partial charge is 0.333 e. The molecule has 2 aliphatic carbocycles. The summed E-state index contributed by atoms with van der Waals surface area (Å²) in [4.78, 5) is 24.9. The Morgan fingerprint density at radius 2 is 1.87 bits per heavy atom. The second kappa shape index (κ2) is 8.43. The second-order valence-corrected chi connectivity index (χ2v) is 9.78. The minimum absolute atomic E-state index is 0.0257. The molecule has 30 heavy (non-hydrogen) atoms. The van der Waals surface area contributed by atoms with Gasteiger partial charge in [0.2, 0.25) is 10.0 Å². The molecule has 0 saturated heterocycles. The van der Waals surface area contributed by atoms with Crippen LogP contribution >= 0.6 is 0 Å². The van der Waals surface area contributed by atoms with Gasteiger partial charge in [0.05, 0.1) is 18.0 Å². The number of hydrogen-bond donors (Lipinski definition) is 1. The van der Waals surface area contributed by atoms with Gasteiger partial charge in [0.1, 0.15) is 5.82 Å². The average Bonchev–Trinajstić information content (AvgIpc) is 2.84. The van der Waals surface area contributed by atoms with Crippen molar-refractivity contribution >= 4 is 21.8 Å². The normalized spacial score (nSPS) is 26.9. The van der Waals surface area contributed by atoms with Crippen LogP contribution in [0.2, 0.25) is 0 Å². The van der Waals surface area contributed by atoms with Crippen LogP contribution in [0.25, 0.3) is 0 Å². The van der Waals surface area contributed by atoms with Gasteiger partial charge in [0, 0.05) is 11.5 Å². The highest BCUT2D eigenvalue weighted by atomic mass is 32.2. The minimum Gasteiger partial charge on any atom is -0.466 e. The van der Waals surface area contributed by atoms with Crippen molar-refractivity contribution in [2.75, 3.05) is 7.11 Å². The molecule has 0 unspecified atom stereocenters. The molecule has 0 spiro atoms. The quantitative estimate of drug-likeness (QED) is 0.567. The third kappa shape index (κ3) is 4.11. The fourth-order valence-corrected chi connectivity index (χ4v) is 5.77. The number of fused-ring (bicyclic) bond motifs is 1. The van der Waals surface area contributed by atoms with E-state index < -0.39 is 27.9 Å². The molecule has 1 aromatic rings. The van der Waals surface area contributed by atoms with Crippen LogP contribution in [0.4, 0.5) is 4.39 Å². The Bertz CT molecular complexity index is 1010. The van der Waals surface area contributed by atoms with E-state index in [9.17, 15) is 22.4 Å². The standard InChI is InChI=1S/C22H26FNO5S/c1-12-5-6-15(13(2)22(26)29-4)11-18-14(3)21(25)20(19(12)18)24-30(27,28)17-9-7-16(23)8-10-17/h7-10,12,15,19-20,24H,2,5-6,11H2,1,3-4H3/t12-,15+,19-,20-/m0/s1. The van der Waals surface area contributed by atoms with Gasteiger partial charge in [-0.1, -0.05) is 19.1 Å². The van der Waals surface area contributed by atoms with Crippen LogP contribution in [0.15, 0.2) is 52.5 Å². The van der Waals surface area contributed by atoms with Gasteiger partial charge in [-0.15, -0.1) is 0 Å². The first-order valence-corrected chi connectivity index (χ1v) is 11.3. The van der Waals surface area contributed by atoms with Crippen molar-refractivity contribution < 1.29 is 27.1 Å². The molecule has 1 N–H and O–H groups in total. The molecule has 1 aromatic carbocycles. The summed E-state index contributed by atoms with van der Waals surface area (Å²) in [6.07, 6.45) is 1.88. The first-order valence-electron chi connectivity index (χ1n) is 9.85. The number of ether oxygens (including phenoxy) is 1. The number of methoxy groups -OCH3 is 1. The van der Waals surface area contributed by atoms with E-state index >= 15 is 0 Å². The zero-order chi connectivity index (χ0) is 22.2. The lowest BCUT2D eigenvalue weighted by Crippen LogP contribution is -2.44. The average molecular weight is 436 g/mol. The highest BCUT2D eigenvalue weighted by Gasteiger charge is 2.46. The number of hydrogen-bond acceptors (Lipinski definition) is 5. The van der Waals surface area contributed by atoms with E-state index in [1.54, 1.807) is 6.92 Å². The molecular weight excluding hydrogens is 409 g/mol. The Morgan fingerprint density at radius 1 is 1.23 bits per heavy atom. The molecular formula is C22H26FNO5S. The van der Waals surface area contributed by atoms with Crippen molar-refractivity contribution in [1.82, 2.24) is 4.72 Å². The summed E-state index contributed by atoms with van der Waals surface area (Å²) in [5.74, 6) is -1.71. The lowest BCUT2D eigenvalue weighted by molar-refractivity contribution is -0.136. The molecule has 2 aliphatic rings. The first-order chi connectivity index (χ1) is 14.1. The fraction of sp³-hybridized carbons (Fsp3) is 0.455. The fourth-order valence-electron chi connectivity index (χ4n) is 4.55. The number of benzene rings is 1. The SMILES string of the molecule is C=C(C(=O)OC)[C@@H]1CC[C@H](C)[C@H]2C(=C(C)C(=O)[C@H]2NS(=O)(=O)c2ccc(F)cc2)C1. The molecule has 0 aliphatic heterocycles. The van der Waals surface area contributed by atoms with Crippen LogP contribution in [0.1, 0.15) is 33.1 Å². The van der Waals surface area contributed by atoms with Crippen LogP contribution in [-0.2, 0) is 24.3 Å². The summed E-state index contributed by atoms with van der Waals surface area (Å²) in [7, 11) is -2.70. The topological polar surface area (TPSA) is 89.5 Å². The Labute approximate surface area is 176 Å². The van der Waals surface area contributed by atoms with Gasteiger partial charge in [-0.3, -0.25) is 4.79 Å². The van der Waals surface area contributed by atoms with Crippen molar-refractivity contribution in [3.05, 3.63) is 53.4 Å². The third-order valence-corrected chi connectivity index (χ3v) is 7.75. The second-order valence-electron chi connectivity index (χ2n) is 8.07. The molecule has 8 heteroatoms. The predicted molar refractivity (Wildman–Crippen MR) is 109 cm³/mol. The van der Waals surface area contributed by atoms with Crippen molar-refractivity contribution in [2.45, 2.75) is 44.0 Å². The number of esters is 1. The molecule has 0 amide bonds. The molecule has 0 heterocycles. The van der Waals surface area contributed by atoms with Gasteiger partial charge in [0.25, 0.3) is 0 Å². The number of carbonyl (C=O) groups is 2. The molecule has 1 saturated carbocycles. The predicted octanol–water partition coefficient (Wildman–Crippen LogP) is 3.15. The Balaban J connectivity index is 1.90. The highest BCUT2D eigenvalue weighted by molar-refractivity contribution is 7.89. The van der Waals surface area contributed by atoms with E-state index in [1.807, 2.05) is 6.92 Å². The zero-order valence-corrected chi connectivity index (χ0v) is 18.1. The number of ketones is 1. The number of rotatable bonds is 5. The van der Waals surface area contributed by atoms with Gasteiger partial charge >= 0.3 is 5.97 Å². The number of sulfonamides is 1. The summed E-state index contributed by atoms with van der Waals surface area (Å²) in [6.45, 7) is 7.56. The summed E-state index contributed by atoms with van der Waals surface area (Å²) in [6, 6.07) is 3.56. The molecule has 162 valence electrons. The van der Waals surface area contributed by atoms with Crippen LogP contribution in [0.3, 0.4) is 0 Å². The van der Waals surface area contributed by atoms with Crippen molar-refractivity contribution in [2.24, 2.45) is 17.8 Å².